The molecule has 0 spiro atoms. The smallest absolute Gasteiger partial charge is 0.126 e. The van der Waals surface area contributed by atoms with Gasteiger partial charge >= 0.3 is 0 Å². The van der Waals surface area contributed by atoms with Crippen LogP contribution in [0.4, 0.5) is 0 Å². The fraction of sp³-hybridized carbons (Fsp3) is 0.625. The van der Waals surface area contributed by atoms with Crippen LogP contribution in [0.25, 0.3) is 0 Å². The Kier molecular flexibility index (Phi) is 4.83. The number of aryl methyl sites for hydroxylation is 1. The van der Waals surface area contributed by atoms with E-state index in [4.69, 9.17) is 9.47 Å². The van der Waals surface area contributed by atoms with E-state index in [0.29, 0.717) is 0 Å². The normalized spacial score (nSPS) is 20.5. The van der Waals surface area contributed by atoms with E-state index in [9.17, 15) is 0 Å². The van der Waals surface area contributed by atoms with Crippen molar-refractivity contribution in [2.24, 2.45) is 0 Å². The predicted octanol–water partition coefficient (Wildman–Crippen LogP) is 3.14. The lowest BCUT2D eigenvalue weighted by Crippen LogP contribution is -2.32. The van der Waals surface area contributed by atoms with Gasteiger partial charge in [-0.05, 0) is 44.4 Å². The number of ether oxygens (including phenoxy) is 2. The molecule has 3 heteroatoms. The SMILES string of the molecule is CCNC(c1ccc(C)c(C)c1OC)C1CCCO1. The maximum atomic E-state index is 5.87. The summed E-state index contributed by atoms with van der Waals surface area (Å²) in [7, 11) is 1.75. The van der Waals surface area contributed by atoms with Crippen molar-refractivity contribution in [1.82, 2.24) is 5.32 Å². The van der Waals surface area contributed by atoms with Crippen molar-refractivity contribution in [2.75, 3.05) is 20.3 Å². The lowest BCUT2D eigenvalue weighted by molar-refractivity contribution is 0.0779. The van der Waals surface area contributed by atoms with Crippen LogP contribution in [0.2, 0.25) is 0 Å². The third-order valence-electron chi connectivity index (χ3n) is 4.01. The molecular formula is C16H25NO2. The van der Waals surface area contributed by atoms with Gasteiger partial charge in [-0.15, -0.1) is 0 Å². The summed E-state index contributed by atoms with van der Waals surface area (Å²) < 4.78 is 11.5. The standard InChI is InChI=1S/C16H25NO2/c1-5-17-15(14-7-6-10-19-14)13-9-8-11(2)12(3)16(13)18-4/h8-9,14-15,17H,5-7,10H2,1-4H3. The summed E-state index contributed by atoms with van der Waals surface area (Å²) in [4.78, 5) is 0. The van der Waals surface area contributed by atoms with Gasteiger partial charge in [-0.25, -0.2) is 0 Å². The van der Waals surface area contributed by atoms with Crippen LogP contribution < -0.4 is 10.1 Å². The largest absolute Gasteiger partial charge is 0.496 e. The van der Waals surface area contributed by atoms with Crippen LogP contribution in [0.15, 0.2) is 12.1 Å². The molecule has 2 rings (SSSR count). The predicted molar refractivity (Wildman–Crippen MR) is 77.9 cm³/mol. The zero-order valence-corrected chi connectivity index (χ0v) is 12.5. The fourth-order valence-corrected chi connectivity index (χ4v) is 2.85. The average molecular weight is 263 g/mol. The Labute approximate surface area is 116 Å². The average Bonchev–Trinajstić information content (AvgIpc) is 2.93. The molecule has 1 fully saturated rings. The Hall–Kier alpha value is -1.06. The lowest BCUT2D eigenvalue weighted by Gasteiger charge is -2.27. The van der Waals surface area contributed by atoms with Crippen molar-refractivity contribution in [3.05, 3.63) is 28.8 Å². The first-order chi connectivity index (χ1) is 9.19. The van der Waals surface area contributed by atoms with E-state index in [1.807, 2.05) is 0 Å². The minimum Gasteiger partial charge on any atom is -0.496 e. The van der Waals surface area contributed by atoms with Gasteiger partial charge in [0.25, 0.3) is 0 Å². The van der Waals surface area contributed by atoms with Crippen LogP contribution in [0.5, 0.6) is 5.75 Å². The topological polar surface area (TPSA) is 30.5 Å². The van der Waals surface area contributed by atoms with E-state index in [1.165, 1.54) is 16.7 Å². The number of hydrogen-bond donors (Lipinski definition) is 1. The van der Waals surface area contributed by atoms with Crippen LogP contribution >= 0.6 is 0 Å². The quantitative estimate of drug-likeness (QED) is 0.885. The molecule has 0 aromatic heterocycles. The number of likely N-dealkylation sites (N-methyl/N-ethyl adjacent to an activating group) is 1. The summed E-state index contributed by atoms with van der Waals surface area (Å²) >= 11 is 0. The third-order valence-corrected chi connectivity index (χ3v) is 4.01. The molecule has 2 atom stereocenters. The molecule has 2 unspecified atom stereocenters. The summed E-state index contributed by atoms with van der Waals surface area (Å²) in [6, 6.07) is 4.57. The Balaban J connectivity index is 2.37. The van der Waals surface area contributed by atoms with Crippen LogP contribution in [0, 0.1) is 13.8 Å². The van der Waals surface area contributed by atoms with Crippen molar-refractivity contribution in [3.63, 3.8) is 0 Å². The highest BCUT2D eigenvalue weighted by atomic mass is 16.5. The summed E-state index contributed by atoms with van der Waals surface area (Å²) in [6.45, 7) is 8.18. The van der Waals surface area contributed by atoms with Gasteiger partial charge in [0.1, 0.15) is 5.75 Å². The molecule has 1 aromatic rings. The van der Waals surface area contributed by atoms with Gasteiger partial charge in [-0.2, -0.15) is 0 Å². The Morgan fingerprint density at radius 3 is 2.79 bits per heavy atom. The highest BCUT2D eigenvalue weighted by Crippen LogP contribution is 2.35. The minimum absolute atomic E-state index is 0.224. The van der Waals surface area contributed by atoms with Crippen LogP contribution in [0.3, 0.4) is 0 Å². The molecule has 0 bridgehead atoms. The Morgan fingerprint density at radius 2 is 2.21 bits per heavy atom. The van der Waals surface area contributed by atoms with Crippen LogP contribution in [-0.2, 0) is 4.74 Å². The van der Waals surface area contributed by atoms with Crippen molar-refractivity contribution in [3.8, 4) is 5.75 Å². The first-order valence-electron chi connectivity index (χ1n) is 7.18. The Morgan fingerprint density at radius 1 is 1.42 bits per heavy atom. The molecule has 0 amide bonds. The zero-order valence-electron chi connectivity index (χ0n) is 12.5. The Bertz CT molecular complexity index is 425. The zero-order chi connectivity index (χ0) is 13.8. The monoisotopic (exact) mass is 263 g/mol. The second-order valence-corrected chi connectivity index (χ2v) is 5.22. The molecule has 1 aliphatic rings. The van der Waals surface area contributed by atoms with Gasteiger partial charge in [0.2, 0.25) is 0 Å². The van der Waals surface area contributed by atoms with E-state index in [1.54, 1.807) is 7.11 Å². The second kappa shape index (κ2) is 6.40. The van der Waals surface area contributed by atoms with E-state index in [2.05, 4.69) is 38.2 Å². The highest BCUT2D eigenvalue weighted by molar-refractivity contribution is 5.47. The van der Waals surface area contributed by atoms with Crippen molar-refractivity contribution >= 4 is 0 Å². The molecule has 0 saturated carbocycles. The summed E-state index contributed by atoms with van der Waals surface area (Å²) in [5, 5.41) is 3.56. The van der Waals surface area contributed by atoms with Gasteiger partial charge in [-0.1, -0.05) is 19.1 Å². The molecular weight excluding hydrogens is 238 g/mol. The van der Waals surface area contributed by atoms with E-state index in [-0.39, 0.29) is 12.1 Å². The van der Waals surface area contributed by atoms with Crippen molar-refractivity contribution < 1.29 is 9.47 Å². The van der Waals surface area contributed by atoms with Crippen molar-refractivity contribution in [1.29, 1.82) is 0 Å². The number of methoxy groups -OCH3 is 1. The molecule has 1 heterocycles. The number of nitrogens with one attached hydrogen (secondary N) is 1. The molecule has 3 nitrogen and oxygen atoms in total. The fourth-order valence-electron chi connectivity index (χ4n) is 2.85. The first-order valence-corrected chi connectivity index (χ1v) is 7.18. The summed E-state index contributed by atoms with van der Waals surface area (Å²) in [5.74, 6) is 1.00. The van der Waals surface area contributed by atoms with E-state index in [0.717, 1.165) is 31.7 Å². The van der Waals surface area contributed by atoms with Gasteiger partial charge < -0.3 is 14.8 Å². The molecule has 0 radical (unpaired) electrons. The van der Waals surface area contributed by atoms with Crippen LogP contribution in [0.1, 0.15) is 42.5 Å². The number of hydrogen-bond acceptors (Lipinski definition) is 3. The molecule has 1 N–H and O–H groups in total. The van der Waals surface area contributed by atoms with Crippen LogP contribution in [-0.4, -0.2) is 26.4 Å². The second-order valence-electron chi connectivity index (χ2n) is 5.22. The molecule has 19 heavy (non-hydrogen) atoms. The molecule has 1 saturated heterocycles. The maximum absolute atomic E-state index is 5.87. The molecule has 1 aliphatic heterocycles. The van der Waals surface area contributed by atoms with E-state index < -0.39 is 0 Å². The van der Waals surface area contributed by atoms with Crippen molar-refractivity contribution in [2.45, 2.75) is 45.8 Å². The minimum atomic E-state index is 0.224. The lowest BCUT2D eigenvalue weighted by atomic mass is 9.94. The van der Waals surface area contributed by atoms with Gasteiger partial charge in [0.05, 0.1) is 19.3 Å². The number of benzene rings is 1. The van der Waals surface area contributed by atoms with Gasteiger partial charge in [0.15, 0.2) is 0 Å². The summed E-state index contributed by atoms with van der Waals surface area (Å²) in [5.41, 5.74) is 3.71. The van der Waals surface area contributed by atoms with Gasteiger partial charge in [0, 0.05) is 12.2 Å². The maximum Gasteiger partial charge on any atom is 0.126 e. The summed E-state index contributed by atoms with van der Waals surface area (Å²) in [6.07, 6.45) is 2.53. The molecule has 1 aromatic carbocycles. The van der Waals surface area contributed by atoms with E-state index >= 15 is 0 Å². The first kappa shape index (κ1) is 14.4. The molecule has 106 valence electrons. The molecule has 0 aliphatic carbocycles. The number of rotatable bonds is 5. The van der Waals surface area contributed by atoms with Gasteiger partial charge in [-0.3, -0.25) is 0 Å². The highest BCUT2D eigenvalue weighted by Gasteiger charge is 2.29. The third kappa shape index (κ3) is 2.93.